The van der Waals surface area contributed by atoms with Crippen molar-refractivity contribution in [3.63, 3.8) is 0 Å². The van der Waals surface area contributed by atoms with E-state index in [2.05, 4.69) is 0 Å². The number of hydrogen-bond donors (Lipinski definition) is 2. The van der Waals surface area contributed by atoms with E-state index in [4.69, 9.17) is 15.6 Å². The maximum atomic E-state index is 11.3. The van der Waals surface area contributed by atoms with Crippen LogP contribution in [0.5, 0.6) is 5.75 Å². The number of para-hydroxylation sites is 1. The summed E-state index contributed by atoms with van der Waals surface area (Å²) in [5.74, 6) is 0.151. The van der Waals surface area contributed by atoms with E-state index in [1.54, 1.807) is 6.07 Å². The minimum Gasteiger partial charge on any atom is -0.490 e. The summed E-state index contributed by atoms with van der Waals surface area (Å²) >= 11 is 0. The molecule has 0 atom stereocenters. The van der Waals surface area contributed by atoms with Crippen LogP contribution in [-0.2, 0) is 10.0 Å². The Balaban J connectivity index is 3.05. The van der Waals surface area contributed by atoms with Gasteiger partial charge in [-0.15, -0.1) is 0 Å². The average Bonchev–Trinajstić information content (AvgIpc) is 2.19. The highest BCUT2D eigenvalue weighted by molar-refractivity contribution is 7.89. The zero-order valence-corrected chi connectivity index (χ0v) is 9.96. The summed E-state index contributed by atoms with van der Waals surface area (Å²) in [6, 6.07) is 4.49. The number of nitrogens with two attached hydrogens (primary N) is 2. The van der Waals surface area contributed by atoms with Gasteiger partial charge in [0.05, 0.1) is 12.3 Å². The number of sulfonamides is 1. The van der Waals surface area contributed by atoms with E-state index in [1.165, 1.54) is 12.1 Å². The fourth-order valence-electron chi connectivity index (χ4n) is 1.23. The van der Waals surface area contributed by atoms with Crippen molar-refractivity contribution in [2.24, 2.45) is 5.14 Å². The molecule has 0 unspecified atom stereocenters. The lowest BCUT2D eigenvalue weighted by molar-refractivity contribution is 0.303. The molecule has 90 valence electrons. The highest BCUT2D eigenvalue weighted by Gasteiger charge is 2.17. The average molecular weight is 244 g/mol. The van der Waals surface area contributed by atoms with Crippen LogP contribution in [0.1, 0.15) is 19.8 Å². The molecule has 1 aromatic carbocycles. The van der Waals surface area contributed by atoms with Gasteiger partial charge in [-0.3, -0.25) is 0 Å². The van der Waals surface area contributed by atoms with Crippen molar-refractivity contribution < 1.29 is 13.2 Å². The Kier molecular flexibility index (Phi) is 4.14. The lowest BCUT2D eigenvalue weighted by Gasteiger charge is -2.11. The van der Waals surface area contributed by atoms with Gasteiger partial charge in [0, 0.05) is 0 Å². The first-order valence-electron chi connectivity index (χ1n) is 5.01. The molecule has 0 saturated heterocycles. The number of benzene rings is 1. The predicted molar refractivity (Wildman–Crippen MR) is 62.6 cm³/mol. The highest BCUT2D eigenvalue weighted by atomic mass is 32.2. The Labute approximate surface area is 95.4 Å². The van der Waals surface area contributed by atoms with Crippen molar-refractivity contribution in [1.82, 2.24) is 0 Å². The van der Waals surface area contributed by atoms with Crippen LogP contribution in [-0.4, -0.2) is 15.0 Å². The normalized spacial score (nSPS) is 11.4. The molecule has 1 aromatic rings. The second-order valence-corrected chi connectivity index (χ2v) is 4.95. The summed E-state index contributed by atoms with van der Waals surface area (Å²) in [5, 5.41) is 5.07. The summed E-state index contributed by atoms with van der Waals surface area (Å²) in [6.07, 6.45) is 1.79. The number of ether oxygens (including phenoxy) is 1. The molecule has 0 aliphatic carbocycles. The Hall–Kier alpha value is -1.27. The fourth-order valence-corrected chi connectivity index (χ4v) is 1.93. The molecule has 0 bridgehead atoms. The van der Waals surface area contributed by atoms with E-state index in [0.717, 1.165) is 12.8 Å². The summed E-state index contributed by atoms with van der Waals surface area (Å²) in [7, 11) is -3.80. The lowest BCUT2D eigenvalue weighted by Crippen LogP contribution is -2.15. The summed E-state index contributed by atoms with van der Waals surface area (Å²) in [6.45, 7) is 2.44. The fraction of sp³-hybridized carbons (Fsp3) is 0.400. The smallest absolute Gasteiger partial charge is 0.241 e. The van der Waals surface area contributed by atoms with Gasteiger partial charge in [0.2, 0.25) is 10.0 Å². The van der Waals surface area contributed by atoms with Gasteiger partial charge in [-0.2, -0.15) is 0 Å². The van der Waals surface area contributed by atoms with E-state index in [9.17, 15) is 8.42 Å². The number of unbranched alkanes of at least 4 members (excludes halogenated alkanes) is 1. The number of nitrogen functional groups attached to an aromatic ring is 1. The molecule has 0 saturated carbocycles. The molecule has 6 heteroatoms. The van der Waals surface area contributed by atoms with E-state index in [1.807, 2.05) is 6.92 Å². The summed E-state index contributed by atoms with van der Waals surface area (Å²) in [4.78, 5) is -0.0661. The Morgan fingerprint density at radius 2 is 2.06 bits per heavy atom. The highest BCUT2D eigenvalue weighted by Crippen LogP contribution is 2.29. The third-order valence-corrected chi connectivity index (χ3v) is 2.99. The molecule has 0 radical (unpaired) electrons. The summed E-state index contributed by atoms with van der Waals surface area (Å²) < 4.78 is 27.9. The zero-order valence-electron chi connectivity index (χ0n) is 9.14. The third kappa shape index (κ3) is 3.11. The number of primary sulfonamides is 1. The molecule has 4 N–H and O–H groups in total. The van der Waals surface area contributed by atoms with Crippen molar-refractivity contribution in [2.75, 3.05) is 12.3 Å². The number of hydrogen-bond acceptors (Lipinski definition) is 4. The second kappa shape index (κ2) is 5.18. The van der Waals surface area contributed by atoms with E-state index in [0.29, 0.717) is 6.61 Å². The molecule has 0 fully saturated rings. The molecule has 16 heavy (non-hydrogen) atoms. The first kappa shape index (κ1) is 12.8. The van der Waals surface area contributed by atoms with E-state index >= 15 is 0 Å². The first-order valence-corrected chi connectivity index (χ1v) is 6.55. The molecular formula is C10H16N2O3S. The van der Waals surface area contributed by atoms with Crippen LogP contribution in [0.2, 0.25) is 0 Å². The lowest BCUT2D eigenvalue weighted by atomic mass is 10.3. The number of rotatable bonds is 5. The molecule has 0 aliphatic heterocycles. The molecule has 0 aliphatic rings. The molecule has 0 amide bonds. The van der Waals surface area contributed by atoms with Crippen LogP contribution in [0, 0.1) is 0 Å². The SMILES string of the molecule is CCCCOc1c(N)cccc1S(N)(=O)=O. The van der Waals surface area contributed by atoms with Gasteiger partial charge in [-0.05, 0) is 18.6 Å². The van der Waals surface area contributed by atoms with Crippen molar-refractivity contribution in [3.8, 4) is 5.75 Å². The van der Waals surface area contributed by atoms with Gasteiger partial charge in [0.25, 0.3) is 0 Å². The molecular weight excluding hydrogens is 228 g/mol. The molecule has 0 heterocycles. The van der Waals surface area contributed by atoms with Gasteiger partial charge in [-0.1, -0.05) is 19.4 Å². The van der Waals surface area contributed by atoms with Crippen molar-refractivity contribution >= 4 is 15.7 Å². The van der Waals surface area contributed by atoms with Crippen LogP contribution in [0.4, 0.5) is 5.69 Å². The minimum absolute atomic E-state index is 0.0661. The van der Waals surface area contributed by atoms with Crippen LogP contribution >= 0.6 is 0 Å². The van der Waals surface area contributed by atoms with Gasteiger partial charge >= 0.3 is 0 Å². The number of anilines is 1. The maximum Gasteiger partial charge on any atom is 0.241 e. The van der Waals surface area contributed by atoms with E-state index < -0.39 is 10.0 Å². The van der Waals surface area contributed by atoms with Crippen molar-refractivity contribution in [1.29, 1.82) is 0 Å². The van der Waals surface area contributed by atoms with Crippen LogP contribution < -0.4 is 15.6 Å². The Morgan fingerprint density at radius 1 is 1.38 bits per heavy atom. The van der Waals surface area contributed by atoms with Crippen LogP contribution in [0.3, 0.4) is 0 Å². The Morgan fingerprint density at radius 3 is 2.62 bits per heavy atom. The molecule has 0 aromatic heterocycles. The van der Waals surface area contributed by atoms with Gasteiger partial charge in [0.15, 0.2) is 5.75 Å². The minimum atomic E-state index is -3.80. The van der Waals surface area contributed by atoms with Crippen molar-refractivity contribution in [3.05, 3.63) is 18.2 Å². The zero-order chi connectivity index (χ0) is 12.2. The molecule has 5 nitrogen and oxygen atoms in total. The monoisotopic (exact) mass is 244 g/mol. The molecule has 0 spiro atoms. The second-order valence-electron chi connectivity index (χ2n) is 3.42. The van der Waals surface area contributed by atoms with Crippen LogP contribution in [0.15, 0.2) is 23.1 Å². The largest absolute Gasteiger partial charge is 0.490 e. The first-order chi connectivity index (χ1) is 7.46. The molecule has 1 rings (SSSR count). The van der Waals surface area contributed by atoms with Gasteiger partial charge in [0.1, 0.15) is 4.90 Å². The van der Waals surface area contributed by atoms with Crippen LogP contribution in [0.25, 0.3) is 0 Å². The standard InChI is InChI=1S/C10H16N2O3S/c1-2-3-7-15-10-8(11)5-4-6-9(10)16(12,13)14/h4-6H,2-3,7,11H2,1H3,(H2,12,13,14). The topological polar surface area (TPSA) is 95.4 Å². The van der Waals surface area contributed by atoms with E-state index in [-0.39, 0.29) is 16.3 Å². The summed E-state index contributed by atoms with van der Waals surface area (Å²) in [5.41, 5.74) is 5.94. The maximum absolute atomic E-state index is 11.3. The quantitative estimate of drug-likeness (QED) is 0.598. The Bertz CT molecular complexity index is 457. The third-order valence-electron chi connectivity index (χ3n) is 2.06. The van der Waals surface area contributed by atoms with Gasteiger partial charge < -0.3 is 10.5 Å². The predicted octanol–water partition coefficient (Wildman–Crippen LogP) is 1.10. The van der Waals surface area contributed by atoms with Crippen molar-refractivity contribution in [2.45, 2.75) is 24.7 Å². The van der Waals surface area contributed by atoms with Gasteiger partial charge in [-0.25, -0.2) is 13.6 Å².